The first-order chi connectivity index (χ1) is 13.5. The van der Waals surface area contributed by atoms with Crippen molar-refractivity contribution in [1.82, 2.24) is 15.0 Å². The number of fused-ring (bicyclic) bond motifs is 2. The molecule has 28 heavy (non-hydrogen) atoms. The van der Waals surface area contributed by atoms with Crippen LogP contribution in [0.25, 0.3) is 21.9 Å². The maximum absolute atomic E-state index is 11.6. The van der Waals surface area contributed by atoms with E-state index in [-0.39, 0.29) is 5.92 Å². The number of para-hydroxylation sites is 1. The summed E-state index contributed by atoms with van der Waals surface area (Å²) >= 11 is 0. The largest absolute Gasteiger partial charge is 0.480 e. The lowest BCUT2D eigenvalue weighted by atomic mass is 9.99. The highest BCUT2D eigenvalue weighted by Crippen LogP contribution is 2.23. The Labute approximate surface area is 163 Å². The molecule has 0 aliphatic rings. The van der Waals surface area contributed by atoms with Crippen molar-refractivity contribution < 1.29 is 9.90 Å². The lowest BCUT2D eigenvalue weighted by Gasteiger charge is -2.21. The number of hydrogen-bond acceptors (Lipinski definition) is 3. The van der Waals surface area contributed by atoms with Crippen molar-refractivity contribution in [2.24, 2.45) is 5.92 Å². The van der Waals surface area contributed by atoms with Gasteiger partial charge in [-0.3, -0.25) is 0 Å². The Morgan fingerprint density at radius 2 is 2.04 bits per heavy atom. The van der Waals surface area contributed by atoms with Gasteiger partial charge in [-0.15, -0.1) is 0 Å². The van der Waals surface area contributed by atoms with Gasteiger partial charge in [-0.25, -0.2) is 9.78 Å². The Balaban J connectivity index is 1.59. The second kappa shape index (κ2) is 7.38. The van der Waals surface area contributed by atoms with Gasteiger partial charge < -0.3 is 20.4 Å². The normalized spacial score (nSPS) is 13.6. The summed E-state index contributed by atoms with van der Waals surface area (Å²) in [7, 11) is 0. The molecule has 2 aromatic carbocycles. The number of H-pyrrole nitrogens is 2. The highest BCUT2D eigenvalue weighted by Gasteiger charge is 2.23. The van der Waals surface area contributed by atoms with Crippen LogP contribution < -0.4 is 5.32 Å². The Morgan fingerprint density at radius 3 is 2.82 bits per heavy atom. The summed E-state index contributed by atoms with van der Waals surface area (Å²) in [5.74, 6) is 0.0834. The topological polar surface area (TPSA) is 93.8 Å². The number of nitrogens with zero attached hydrogens (tertiary/aromatic N) is 1. The number of hydrogen-bond donors (Lipinski definition) is 4. The van der Waals surface area contributed by atoms with E-state index in [4.69, 9.17) is 0 Å². The third-order valence-corrected chi connectivity index (χ3v) is 5.36. The second-order valence-corrected chi connectivity index (χ2v) is 7.30. The number of carboxylic acids is 1. The highest BCUT2D eigenvalue weighted by atomic mass is 16.4. The first-order valence-corrected chi connectivity index (χ1v) is 9.58. The first kappa shape index (κ1) is 18.1. The fraction of sp³-hybridized carbons (Fsp3) is 0.273. The molecule has 0 amide bonds. The van der Waals surface area contributed by atoms with Gasteiger partial charge in [-0.1, -0.05) is 38.5 Å². The average Bonchev–Trinajstić information content (AvgIpc) is 3.29. The van der Waals surface area contributed by atoms with Crippen LogP contribution in [0.5, 0.6) is 0 Å². The SMILES string of the molecule is CC[C@H](C)[C@H](Nc1ccc2nc(Cc3c[nH]c4ccccc34)[nH]c2c1)C(=O)O. The van der Waals surface area contributed by atoms with E-state index in [2.05, 4.69) is 32.4 Å². The van der Waals surface area contributed by atoms with Gasteiger partial charge in [-0.2, -0.15) is 0 Å². The fourth-order valence-electron chi connectivity index (χ4n) is 3.56. The molecule has 0 unspecified atom stereocenters. The van der Waals surface area contributed by atoms with Gasteiger partial charge in [0.15, 0.2) is 0 Å². The molecular formula is C22H24N4O2. The number of aromatic nitrogens is 3. The van der Waals surface area contributed by atoms with Crippen LogP contribution in [0.4, 0.5) is 5.69 Å². The molecule has 4 aromatic rings. The summed E-state index contributed by atoms with van der Waals surface area (Å²) in [5, 5.41) is 13.8. The van der Waals surface area contributed by atoms with Crippen molar-refractivity contribution in [2.75, 3.05) is 5.32 Å². The van der Waals surface area contributed by atoms with Gasteiger partial charge in [0.25, 0.3) is 0 Å². The van der Waals surface area contributed by atoms with E-state index in [0.717, 1.165) is 34.5 Å². The van der Waals surface area contributed by atoms with Crippen molar-refractivity contribution in [3.05, 3.63) is 60.0 Å². The van der Waals surface area contributed by atoms with Crippen LogP contribution in [0.3, 0.4) is 0 Å². The van der Waals surface area contributed by atoms with E-state index in [1.165, 1.54) is 10.9 Å². The van der Waals surface area contributed by atoms with Crippen LogP contribution in [0.1, 0.15) is 31.7 Å². The Hall–Kier alpha value is -3.28. The van der Waals surface area contributed by atoms with Crippen LogP contribution >= 0.6 is 0 Å². The van der Waals surface area contributed by atoms with E-state index < -0.39 is 12.0 Å². The molecule has 0 fully saturated rings. The Kier molecular flexibility index (Phi) is 4.77. The summed E-state index contributed by atoms with van der Waals surface area (Å²) in [6.45, 7) is 3.94. The Morgan fingerprint density at radius 1 is 1.21 bits per heavy atom. The standard InChI is InChI=1S/C22H24N4O2/c1-3-13(2)21(22(27)28)24-15-8-9-18-19(11-15)26-20(25-18)10-14-12-23-17-7-5-4-6-16(14)17/h4-9,11-13,21,23-24H,3,10H2,1-2H3,(H,25,26)(H,27,28)/t13-,21-/m0/s1. The molecule has 0 saturated heterocycles. The van der Waals surface area contributed by atoms with Crippen molar-refractivity contribution in [1.29, 1.82) is 0 Å². The van der Waals surface area contributed by atoms with Gasteiger partial charge in [-0.05, 0) is 35.7 Å². The van der Waals surface area contributed by atoms with Gasteiger partial charge in [0, 0.05) is 29.2 Å². The van der Waals surface area contributed by atoms with Crippen LogP contribution in [0.15, 0.2) is 48.7 Å². The van der Waals surface area contributed by atoms with Crippen molar-refractivity contribution in [3.8, 4) is 0 Å². The van der Waals surface area contributed by atoms with E-state index in [1.807, 2.05) is 50.4 Å². The number of aliphatic carboxylic acids is 1. The number of imidazole rings is 1. The van der Waals surface area contributed by atoms with Crippen molar-refractivity contribution in [3.63, 3.8) is 0 Å². The molecule has 0 bridgehead atoms. The molecule has 6 nitrogen and oxygen atoms in total. The molecule has 6 heteroatoms. The summed E-state index contributed by atoms with van der Waals surface area (Å²) in [6, 6.07) is 13.3. The molecule has 0 saturated carbocycles. The third kappa shape index (κ3) is 3.45. The molecule has 2 aromatic heterocycles. The van der Waals surface area contributed by atoms with Gasteiger partial charge in [0.05, 0.1) is 11.0 Å². The summed E-state index contributed by atoms with van der Waals surface area (Å²) in [5.41, 5.74) is 4.85. The zero-order valence-electron chi connectivity index (χ0n) is 16.0. The number of aromatic amines is 2. The molecule has 2 atom stereocenters. The van der Waals surface area contributed by atoms with E-state index >= 15 is 0 Å². The van der Waals surface area contributed by atoms with Gasteiger partial charge in [0.2, 0.25) is 0 Å². The zero-order chi connectivity index (χ0) is 19.7. The molecule has 2 heterocycles. The fourth-order valence-corrected chi connectivity index (χ4v) is 3.56. The van der Waals surface area contributed by atoms with Crippen molar-refractivity contribution >= 4 is 33.6 Å². The number of benzene rings is 2. The number of carboxylic acid groups (broad SMARTS) is 1. The average molecular weight is 376 g/mol. The second-order valence-electron chi connectivity index (χ2n) is 7.30. The minimum Gasteiger partial charge on any atom is -0.480 e. The monoisotopic (exact) mass is 376 g/mol. The lowest BCUT2D eigenvalue weighted by molar-refractivity contribution is -0.139. The lowest BCUT2D eigenvalue weighted by Crippen LogP contribution is -2.35. The smallest absolute Gasteiger partial charge is 0.326 e. The minimum absolute atomic E-state index is 0.0346. The molecular weight excluding hydrogens is 352 g/mol. The number of nitrogens with one attached hydrogen (secondary N) is 3. The quantitative estimate of drug-likeness (QED) is 0.381. The third-order valence-electron chi connectivity index (χ3n) is 5.36. The first-order valence-electron chi connectivity index (χ1n) is 9.58. The number of rotatable bonds is 7. The van der Waals surface area contributed by atoms with Crippen LogP contribution in [0.2, 0.25) is 0 Å². The predicted molar refractivity (Wildman–Crippen MR) is 112 cm³/mol. The molecule has 144 valence electrons. The van der Waals surface area contributed by atoms with Gasteiger partial charge >= 0.3 is 5.97 Å². The molecule has 0 spiro atoms. The molecule has 4 N–H and O–H groups in total. The zero-order valence-corrected chi connectivity index (χ0v) is 16.0. The van der Waals surface area contributed by atoms with Crippen LogP contribution in [-0.4, -0.2) is 32.1 Å². The predicted octanol–water partition coefficient (Wildman–Crippen LogP) is 4.55. The molecule has 0 aliphatic carbocycles. The van der Waals surface area contributed by atoms with Gasteiger partial charge in [0.1, 0.15) is 11.9 Å². The number of carbonyl (C=O) groups is 1. The molecule has 4 rings (SSSR count). The maximum Gasteiger partial charge on any atom is 0.326 e. The van der Waals surface area contributed by atoms with E-state index in [0.29, 0.717) is 6.42 Å². The summed E-state index contributed by atoms with van der Waals surface area (Å²) < 4.78 is 0. The molecule has 0 radical (unpaired) electrons. The summed E-state index contributed by atoms with van der Waals surface area (Å²) in [6.07, 6.45) is 3.52. The number of anilines is 1. The summed E-state index contributed by atoms with van der Waals surface area (Å²) in [4.78, 5) is 22.9. The van der Waals surface area contributed by atoms with E-state index in [1.54, 1.807) is 0 Å². The maximum atomic E-state index is 11.6. The highest BCUT2D eigenvalue weighted by molar-refractivity contribution is 5.84. The molecule has 0 aliphatic heterocycles. The minimum atomic E-state index is -0.834. The van der Waals surface area contributed by atoms with Crippen molar-refractivity contribution in [2.45, 2.75) is 32.7 Å². The van der Waals surface area contributed by atoms with Crippen LogP contribution in [-0.2, 0) is 11.2 Å². The van der Waals surface area contributed by atoms with E-state index in [9.17, 15) is 9.90 Å². The Bertz CT molecular complexity index is 1130. The van der Waals surface area contributed by atoms with Crippen LogP contribution in [0, 0.1) is 5.92 Å².